The summed E-state index contributed by atoms with van der Waals surface area (Å²) in [6.45, 7) is 8.06. The molecule has 0 saturated carbocycles. The van der Waals surface area contributed by atoms with Crippen molar-refractivity contribution in [3.63, 3.8) is 0 Å². The number of rotatable bonds is 11. The molecule has 3 rings (SSSR count). The molecule has 2 aromatic heterocycles. The first kappa shape index (κ1) is 25.8. The number of anilines is 1. The Bertz CT molecular complexity index is 1120. The molecule has 182 valence electrons. The van der Waals surface area contributed by atoms with Crippen LogP contribution in [0.2, 0.25) is 0 Å². The van der Waals surface area contributed by atoms with Gasteiger partial charge in [0.1, 0.15) is 10.8 Å². The number of thiophene rings is 1. The minimum atomic E-state index is -0.433. The number of aromatic nitrogens is 3. The van der Waals surface area contributed by atoms with E-state index in [1.165, 1.54) is 28.7 Å². The SMILES string of the molecule is CCOC(=O)c1cc(CC)sc1NC(=O)CSc1nnc(C(C)Oc2ccc(CC)cc2)n1C. The molecule has 0 radical (unpaired) electrons. The van der Waals surface area contributed by atoms with Crippen LogP contribution < -0.4 is 10.1 Å². The zero-order valence-electron chi connectivity index (χ0n) is 20.1. The smallest absolute Gasteiger partial charge is 0.341 e. The van der Waals surface area contributed by atoms with Crippen molar-refractivity contribution >= 4 is 40.0 Å². The van der Waals surface area contributed by atoms with Gasteiger partial charge < -0.3 is 19.4 Å². The molecule has 1 amide bonds. The molecule has 1 N–H and O–H groups in total. The molecular formula is C24H30N4O4S2. The molecule has 34 heavy (non-hydrogen) atoms. The van der Waals surface area contributed by atoms with E-state index in [-0.39, 0.29) is 24.4 Å². The highest BCUT2D eigenvalue weighted by molar-refractivity contribution is 7.99. The second-order valence-corrected chi connectivity index (χ2v) is 9.60. The van der Waals surface area contributed by atoms with Gasteiger partial charge in [0, 0.05) is 11.9 Å². The van der Waals surface area contributed by atoms with Crippen molar-refractivity contribution in [1.29, 1.82) is 0 Å². The van der Waals surface area contributed by atoms with Crippen molar-refractivity contribution in [2.24, 2.45) is 7.05 Å². The molecule has 2 heterocycles. The summed E-state index contributed by atoms with van der Waals surface area (Å²) in [5.74, 6) is 0.892. The normalized spacial score (nSPS) is 11.8. The highest BCUT2D eigenvalue weighted by atomic mass is 32.2. The maximum absolute atomic E-state index is 12.6. The number of nitrogens with one attached hydrogen (secondary N) is 1. The summed E-state index contributed by atoms with van der Waals surface area (Å²) in [7, 11) is 1.85. The number of ether oxygens (including phenoxy) is 2. The summed E-state index contributed by atoms with van der Waals surface area (Å²) >= 11 is 2.66. The third kappa shape index (κ3) is 6.38. The van der Waals surface area contributed by atoms with E-state index in [2.05, 4.69) is 22.4 Å². The van der Waals surface area contributed by atoms with Gasteiger partial charge in [-0.15, -0.1) is 21.5 Å². The summed E-state index contributed by atoms with van der Waals surface area (Å²) in [4.78, 5) is 25.8. The molecule has 0 aliphatic heterocycles. The molecule has 10 heteroatoms. The second-order valence-electron chi connectivity index (χ2n) is 7.52. The fourth-order valence-corrected chi connectivity index (χ4v) is 4.95. The van der Waals surface area contributed by atoms with E-state index in [0.717, 1.165) is 23.5 Å². The quantitative estimate of drug-likeness (QED) is 0.290. The zero-order chi connectivity index (χ0) is 24.7. The van der Waals surface area contributed by atoms with Crippen LogP contribution in [0.1, 0.15) is 60.4 Å². The van der Waals surface area contributed by atoms with E-state index in [9.17, 15) is 9.59 Å². The van der Waals surface area contributed by atoms with E-state index in [0.29, 0.717) is 21.5 Å². The Morgan fingerprint density at radius 2 is 1.88 bits per heavy atom. The van der Waals surface area contributed by atoms with Gasteiger partial charge in [0.25, 0.3) is 0 Å². The van der Waals surface area contributed by atoms with E-state index in [4.69, 9.17) is 9.47 Å². The first-order chi connectivity index (χ1) is 16.4. The first-order valence-electron chi connectivity index (χ1n) is 11.2. The summed E-state index contributed by atoms with van der Waals surface area (Å²) in [6, 6.07) is 9.76. The van der Waals surface area contributed by atoms with Crippen molar-refractivity contribution < 1.29 is 19.1 Å². The van der Waals surface area contributed by atoms with Gasteiger partial charge in [-0.25, -0.2) is 4.79 Å². The van der Waals surface area contributed by atoms with Crippen LogP contribution in [0.25, 0.3) is 0 Å². The third-order valence-electron chi connectivity index (χ3n) is 5.09. The van der Waals surface area contributed by atoms with E-state index >= 15 is 0 Å². The molecule has 3 aromatic rings. The van der Waals surface area contributed by atoms with Crippen LogP contribution >= 0.6 is 23.1 Å². The highest BCUT2D eigenvalue weighted by Gasteiger charge is 2.21. The largest absolute Gasteiger partial charge is 0.483 e. The summed E-state index contributed by atoms with van der Waals surface area (Å²) in [5, 5.41) is 12.4. The van der Waals surface area contributed by atoms with Crippen LogP contribution in [0.3, 0.4) is 0 Å². The van der Waals surface area contributed by atoms with Crippen LogP contribution in [-0.2, 0) is 29.4 Å². The number of thioether (sulfide) groups is 1. The molecule has 0 bridgehead atoms. The lowest BCUT2D eigenvalue weighted by molar-refractivity contribution is -0.113. The second kappa shape index (κ2) is 12.0. The van der Waals surface area contributed by atoms with Gasteiger partial charge in [-0.3, -0.25) is 4.79 Å². The predicted molar refractivity (Wildman–Crippen MR) is 135 cm³/mol. The highest BCUT2D eigenvalue weighted by Crippen LogP contribution is 2.30. The monoisotopic (exact) mass is 502 g/mol. The molecule has 1 atom stereocenters. The number of esters is 1. The molecular weight excluding hydrogens is 472 g/mol. The van der Waals surface area contributed by atoms with Crippen molar-refractivity contribution in [1.82, 2.24) is 14.8 Å². The Morgan fingerprint density at radius 1 is 1.15 bits per heavy atom. The lowest BCUT2D eigenvalue weighted by Crippen LogP contribution is -2.16. The average Bonchev–Trinajstić information content (AvgIpc) is 3.41. The van der Waals surface area contributed by atoms with E-state index in [1.807, 2.05) is 49.7 Å². The molecule has 0 aliphatic carbocycles. The number of hydrogen-bond donors (Lipinski definition) is 1. The van der Waals surface area contributed by atoms with Crippen LogP contribution in [0, 0.1) is 0 Å². The van der Waals surface area contributed by atoms with Crippen molar-refractivity contribution in [3.8, 4) is 5.75 Å². The van der Waals surface area contributed by atoms with Crippen molar-refractivity contribution in [2.75, 3.05) is 17.7 Å². The third-order valence-corrected chi connectivity index (χ3v) is 7.30. The van der Waals surface area contributed by atoms with Gasteiger partial charge in [-0.05, 0) is 50.5 Å². The van der Waals surface area contributed by atoms with Gasteiger partial charge in [-0.2, -0.15) is 0 Å². The number of carbonyl (C=O) groups is 2. The van der Waals surface area contributed by atoms with Crippen LogP contribution in [-0.4, -0.2) is 39.0 Å². The van der Waals surface area contributed by atoms with Gasteiger partial charge in [-0.1, -0.05) is 37.7 Å². The minimum absolute atomic E-state index is 0.126. The van der Waals surface area contributed by atoms with Gasteiger partial charge >= 0.3 is 5.97 Å². The zero-order valence-corrected chi connectivity index (χ0v) is 21.7. The topological polar surface area (TPSA) is 95.3 Å². The summed E-state index contributed by atoms with van der Waals surface area (Å²) in [6.07, 6.45) is 1.44. The van der Waals surface area contributed by atoms with Crippen molar-refractivity contribution in [2.45, 2.75) is 51.8 Å². The van der Waals surface area contributed by atoms with Gasteiger partial charge in [0.2, 0.25) is 5.91 Å². The standard InChI is InChI=1S/C24H30N4O4S2/c1-6-16-9-11-17(12-10-16)32-15(4)21-26-27-24(28(21)5)33-14-20(29)25-22-19(23(30)31-8-3)13-18(7-2)34-22/h9-13,15H,6-8,14H2,1-5H3,(H,25,29). The van der Waals surface area contributed by atoms with E-state index in [1.54, 1.807) is 13.0 Å². The Balaban J connectivity index is 1.60. The van der Waals surface area contributed by atoms with E-state index < -0.39 is 5.97 Å². The maximum Gasteiger partial charge on any atom is 0.341 e. The average molecular weight is 503 g/mol. The number of aryl methyl sites for hydroxylation is 2. The minimum Gasteiger partial charge on any atom is -0.483 e. The van der Waals surface area contributed by atoms with Gasteiger partial charge in [0.15, 0.2) is 17.1 Å². The number of nitrogens with zero attached hydrogens (tertiary/aromatic N) is 3. The molecule has 0 aliphatic rings. The number of hydrogen-bond acceptors (Lipinski definition) is 8. The Kier molecular flexibility index (Phi) is 9.12. The molecule has 1 unspecified atom stereocenters. The molecule has 0 saturated heterocycles. The van der Waals surface area contributed by atoms with Gasteiger partial charge in [0.05, 0.1) is 17.9 Å². The molecule has 1 aromatic carbocycles. The number of amides is 1. The Labute approximate surface area is 208 Å². The number of benzene rings is 1. The lowest BCUT2D eigenvalue weighted by Gasteiger charge is -2.14. The Morgan fingerprint density at radius 3 is 2.53 bits per heavy atom. The summed E-state index contributed by atoms with van der Waals surface area (Å²) in [5.41, 5.74) is 1.64. The lowest BCUT2D eigenvalue weighted by atomic mass is 10.2. The Hall–Kier alpha value is -2.85. The number of carbonyl (C=O) groups excluding carboxylic acids is 2. The molecule has 0 spiro atoms. The van der Waals surface area contributed by atoms with Crippen LogP contribution in [0.5, 0.6) is 5.75 Å². The molecule has 8 nitrogen and oxygen atoms in total. The van der Waals surface area contributed by atoms with Crippen LogP contribution in [0.15, 0.2) is 35.5 Å². The van der Waals surface area contributed by atoms with Crippen LogP contribution in [0.4, 0.5) is 5.00 Å². The predicted octanol–water partition coefficient (Wildman–Crippen LogP) is 5.05. The fraction of sp³-hybridized carbons (Fsp3) is 0.417. The fourth-order valence-electron chi connectivity index (χ4n) is 3.23. The summed E-state index contributed by atoms with van der Waals surface area (Å²) < 4.78 is 12.9. The first-order valence-corrected chi connectivity index (χ1v) is 13.0. The molecule has 0 fully saturated rings. The van der Waals surface area contributed by atoms with Crippen molar-refractivity contribution in [3.05, 3.63) is 52.2 Å². The maximum atomic E-state index is 12.6.